The van der Waals surface area contributed by atoms with Gasteiger partial charge in [0.15, 0.2) is 0 Å². The molecule has 0 bridgehead atoms. The lowest BCUT2D eigenvalue weighted by Crippen LogP contribution is -2.46. The molecule has 2 aliphatic heterocycles. The Hall–Kier alpha value is -2.02. The maximum absolute atomic E-state index is 12.6. The lowest BCUT2D eigenvalue weighted by atomic mass is 9.88. The molecule has 1 unspecified atom stereocenters. The Morgan fingerprint density at radius 3 is 2.89 bits per heavy atom. The highest BCUT2D eigenvalue weighted by Gasteiger charge is 2.44. The Bertz CT molecular complexity index is 794. The molecule has 2 saturated heterocycles. The Balaban J connectivity index is 1.29. The van der Waals surface area contributed by atoms with Crippen molar-refractivity contribution in [2.24, 2.45) is 0 Å². The summed E-state index contributed by atoms with van der Waals surface area (Å²) in [5.41, 5.74) is 1.27. The van der Waals surface area contributed by atoms with Crippen LogP contribution in [0.5, 0.6) is 0 Å². The highest BCUT2D eigenvalue weighted by molar-refractivity contribution is 6.29. The monoisotopic (exact) mass is 387 g/mol. The van der Waals surface area contributed by atoms with Crippen molar-refractivity contribution in [3.63, 3.8) is 0 Å². The molecule has 0 aromatic carbocycles. The van der Waals surface area contributed by atoms with Gasteiger partial charge in [0.05, 0.1) is 24.9 Å². The highest BCUT2D eigenvalue weighted by atomic mass is 35.5. The fourth-order valence-electron chi connectivity index (χ4n) is 3.76. The van der Waals surface area contributed by atoms with E-state index < -0.39 is 0 Å². The molecule has 4 heterocycles. The molecule has 1 amide bonds. The maximum Gasteiger partial charge on any atom is 0.272 e. The SMILES string of the molecule is O=C(c1cccc(Cl)n1)N1CCC2(CC1)CC(OCc1cccnc1)CO2. The van der Waals surface area contributed by atoms with Crippen LogP contribution in [0.1, 0.15) is 35.3 Å². The normalized spacial score (nSPS) is 21.5. The van der Waals surface area contributed by atoms with Crippen molar-refractivity contribution in [3.8, 4) is 0 Å². The molecule has 4 rings (SSSR count). The molecular weight excluding hydrogens is 366 g/mol. The van der Waals surface area contributed by atoms with Gasteiger partial charge in [-0.1, -0.05) is 23.7 Å². The van der Waals surface area contributed by atoms with Gasteiger partial charge in [0.1, 0.15) is 10.8 Å². The molecule has 142 valence electrons. The Morgan fingerprint density at radius 1 is 1.30 bits per heavy atom. The summed E-state index contributed by atoms with van der Waals surface area (Å²) in [6.45, 7) is 2.46. The van der Waals surface area contributed by atoms with E-state index in [1.54, 1.807) is 24.4 Å². The van der Waals surface area contributed by atoms with Gasteiger partial charge in [-0.3, -0.25) is 9.78 Å². The minimum absolute atomic E-state index is 0.0743. The summed E-state index contributed by atoms with van der Waals surface area (Å²) in [4.78, 5) is 22.7. The fourth-order valence-corrected chi connectivity index (χ4v) is 3.93. The van der Waals surface area contributed by atoms with Gasteiger partial charge in [-0.2, -0.15) is 0 Å². The average Bonchev–Trinajstić information content (AvgIpc) is 3.10. The molecule has 7 heteroatoms. The largest absolute Gasteiger partial charge is 0.372 e. The van der Waals surface area contributed by atoms with E-state index in [9.17, 15) is 4.79 Å². The molecule has 1 spiro atoms. The third-order valence-corrected chi connectivity index (χ3v) is 5.49. The van der Waals surface area contributed by atoms with Crippen molar-refractivity contribution in [1.29, 1.82) is 0 Å². The second-order valence-corrected chi connectivity index (χ2v) is 7.52. The average molecular weight is 388 g/mol. The number of piperidine rings is 1. The number of amides is 1. The lowest BCUT2D eigenvalue weighted by molar-refractivity contribution is -0.0413. The summed E-state index contributed by atoms with van der Waals surface area (Å²) in [7, 11) is 0. The highest BCUT2D eigenvalue weighted by Crippen LogP contribution is 2.37. The van der Waals surface area contributed by atoms with Crippen LogP contribution in [0.4, 0.5) is 0 Å². The predicted molar refractivity (Wildman–Crippen MR) is 100 cm³/mol. The van der Waals surface area contributed by atoms with Crippen LogP contribution in [-0.2, 0) is 16.1 Å². The maximum atomic E-state index is 12.6. The third-order valence-electron chi connectivity index (χ3n) is 5.28. The van der Waals surface area contributed by atoms with Crippen LogP contribution in [0.15, 0.2) is 42.7 Å². The number of halogens is 1. The van der Waals surface area contributed by atoms with Crippen molar-refractivity contribution < 1.29 is 14.3 Å². The molecule has 6 nitrogen and oxygen atoms in total. The first kappa shape index (κ1) is 18.3. The predicted octanol–water partition coefficient (Wildman–Crippen LogP) is 3.11. The number of nitrogens with zero attached hydrogens (tertiary/aromatic N) is 3. The number of aromatic nitrogens is 2. The lowest BCUT2D eigenvalue weighted by Gasteiger charge is -2.38. The van der Waals surface area contributed by atoms with E-state index in [2.05, 4.69) is 9.97 Å². The molecule has 0 N–H and O–H groups in total. The van der Waals surface area contributed by atoms with E-state index in [0.717, 1.165) is 24.8 Å². The van der Waals surface area contributed by atoms with Crippen LogP contribution >= 0.6 is 11.6 Å². The van der Waals surface area contributed by atoms with Crippen molar-refractivity contribution in [2.75, 3.05) is 19.7 Å². The zero-order chi connectivity index (χ0) is 18.7. The minimum Gasteiger partial charge on any atom is -0.372 e. The van der Waals surface area contributed by atoms with Gasteiger partial charge in [-0.05, 0) is 36.6 Å². The van der Waals surface area contributed by atoms with Gasteiger partial charge in [0, 0.05) is 31.9 Å². The van der Waals surface area contributed by atoms with Gasteiger partial charge in [-0.15, -0.1) is 0 Å². The Labute approximate surface area is 163 Å². The summed E-state index contributed by atoms with van der Waals surface area (Å²) in [5.74, 6) is -0.0743. The first-order valence-corrected chi connectivity index (χ1v) is 9.58. The Morgan fingerprint density at radius 2 is 2.15 bits per heavy atom. The number of hydrogen-bond donors (Lipinski definition) is 0. The van der Waals surface area contributed by atoms with Crippen LogP contribution in [0.25, 0.3) is 0 Å². The van der Waals surface area contributed by atoms with Crippen LogP contribution in [-0.4, -0.2) is 52.2 Å². The molecule has 2 aromatic heterocycles. The molecule has 1 atom stereocenters. The summed E-state index contributed by atoms with van der Waals surface area (Å²) in [6.07, 6.45) is 6.15. The quantitative estimate of drug-likeness (QED) is 0.754. The zero-order valence-electron chi connectivity index (χ0n) is 15.0. The molecular formula is C20H22ClN3O3. The second-order valence-electron chi connectivity index (χ2n) is 7.13. The molecule has 0 aliphatic carbocycles. The summed E-state index contributed by atoms with van der Waals surface area (Å²) >= 11 is 5.90. The smallest absolute Gasteiger partial charge is 0.272 e. The summed E-state index contributed by atoms with van der Waals surface area (Å²) < 4.78 is 12.1. The van der Waals surface area contributed by atoms with Gasteiger partial charge >= 0.3 is 0 Å². The molecule has 27 heavy (non-hydrogen) atoms. The van der Waals surface area contributed by atoms with Gasteiger partial charge in [-0.25, -0.2) is 4.98 Å². The molecule has 2 aromatic rings. The fraction of sp³-hybridized carbons (Fsp3) is 0.450. The van der Waals surface area contributed by atoms with Crippen LogP contribution in [0.2, 0.25) is 5.15 Å². The van der Waals surface area contributed by atoms with E-state index in [-0.39, 0.29) is 17.6 Å². The van der Waals surface area contributed by atoms with Gasteiger partial charge < -0.3 is 14.4 Å². The molecule has 0 saturated carbocycles. The third kappa shape index (κ3) is 4.29. The summed E-state index contributed by atoms with van der Waals surface area (Å²) in [6, 6.07) is 9.03. The van der Waals surface area contributed by atoms with E-state index in [1.807, 2.05) is 23.2 Å². The van der Waals surface area contributed by atoms with Crippen LogP contribution in [0.3, 0.4) is 0 Å². The number of carbonyl (C=O) groups excluding carboxylic acids is 1. The van der Waals surface area contributed by atoms with Gasteiger partial charge in [0.2, 0.25) is 0 Å². The van der Waals surface area contributed by atoms with E-state index in [0.29, 0.717) is 37.2 Å². The van der Waals surface area contributed by atoms with Crippen molar-refractivity contribution in [3.05, 3.63) is 59.1 Å². The van der Waals surface area contributed by atoms with E-state index in [1.165, 1.54) is 0 Å². The second kappa shape index (κ2) is 7.92. The number of ether oxygens (including phenoxy) is 2. The van der Waals surface area contributed by atoms with Gasteiger partial charge in [0.25, 0.3) is 5.91 Å². The first-order chi connectivity index (χ1) is 13.1. The number of pyridine rings is 2. The Kier molecular flexibility index (Phi) is 5.38. The minimum atomic E-state index is -0.182. The van der Waals surface area contributed by atoms with E-state index in [4.69, 9.17) is 21.1 Å². The van der Waals surface area contributed by atoms with Crippen molar-refractivity contribution in [1.82, 2.24) is 14.9 Å². The standard InChI is InChI=1S/C20H22ClN3O3/c21-18-5-1-4-17(23-18)19(25)24-9-6-20(7-10-24)11-16(14-27-20)26-13-15-3-2-8-22-12-15/h1-5,8,12,16H,6-7,9-11,13-14H2. The topological polar surface area (TPSA) is 64.6 Å². The van der Waals surface area contributed by atoms with Crippen molar-refractivity contribution >= 4 is 17.5 Å². The number of rotatable bonds is 4. The number of carbonyl (C=O) groups is 1. The van der Waals surface area contributed by atoms with Crippen LogP contribution < -0.4 is 0 Å². The summed E-state index contributed by atoms with van der Waals surface area (Å²) in [5, 5.41) is 0.335. The van der Waals surface area contributed by atoms with Crippen LogP contribution in [0, 0.1) is 0 Å². The first-order valence-electron chi connectivity index (χ1n) is 9.20. The number of likely N-dealkylation sites (tertiary alicyclic amines) is 1. The van der Waals surface area contributed by atoms with E-state index >= 15 is 0 Å². The zero-order valence-corrected chi connectivity index (χ0v) is 15.8. The molecule has 2 aliphatic rings. The molecule has 0 radical (unpaired) electrons. The molecule has 2 fully saturated rings. The number of hydrogen-bond acceptors (Lipinski definition) is 5. The van der Waals surface area contributed by atoms with Crippen molar-refractivity contribution in [2.45, 2.75) is 37.6 Å².